The largest absolute Gasteiger partial charge is 0.497 e. The molecule has 0 radical (unpaired) electrons. The molecule has 8 nitrogen and oxygen atoms in total. The highest BCUT2D eigenvalue weighted by atomic mass is 32.1. The number of carbonyl (C=O) groups is 2. The first-order valence-corrected chi connectivity index (χ1v) is 14.6. The van der Waals surface area contributed by atoms with Gasteiger partial charge in [0.15, 0.2) is 5.13 Å². The molecule has 5 unspecified atom stereocenters. The van der Waals surface area contributed by atoms with Crippen molar-refractivity contribution in [2.24, 2.45) is 16.7 Å². The molecule has 10 heteroatoms. The maximum Gasteiger partial charge on any atom is 0.257 e. The smallest absolute Gasteiger partial charge is 0.257 e. The number of aliphatic hydroxyl groups is 2. The minimum Gasteiger partial charge on any atom is -0.497 e. The van der Waals surface area contributed by atoms with Crippen molar-refractivity contribution in [2.45, 2.75) is 58.1 Å². The summed E-state index contributed by atoms with van der Waals surface area (Å²) < 4.78 is 18.9. The molecule has 0 spiro atoms. The molecular formula is C31H36FN3O5S. The van der Waals surface area contributed by atoms with Gasteiger partial charge in [-0.2, -0.15) is 0 Å². The van der Waals surface area contributed by atoms with E-state index in [2.05, 4.69) is 17.6 Å². The molecule has 2 aliphatic carbocycles. The summed E-state index contributed by atoms with van der Waals surface area (Å²) in [5, 5.41) is 27.6. The number of aliphatic hydroxyl groups excluding tert-OH is 2. The Morgan fingerprint density at radius 3 is 2.63 bits per heavy atom. The Kier molecular flexibility index (Phi) is 8.18. The molecule has 0 aliphatic heterocycles. The molecule has 218 valence electrons. The quantitative estimate of drug-likeness (QED) is 0.307. The highest BCUT2D eigenvalue weighted by molar-refractivity contribution is 7.15. The first-order valence-electron chi connectivity index (χ1n) is 13.8. The van der Waals surface area contributed by atoms with E-state index in [1.807, 2.05) is 31.2 Å². The van der Waals surface area contributed by atoms with Gasteiger partial charge in [-0.1, -0.05) is 32.0 Å². The third-order valence-electron chi connectivity index (χ3n) is 9.24. The molecule has 5 atom stereocenters. The molecule has 4 N–H and O–H groups in total. The van der Waals surface area contributed by atoms with Crippen molar-refractivity contribution in [3.8, 4) is 5.75 Å². The predicted octanol–water partition coefficient (Wildman–Crippen LogP) is 4.67. The second-order valence-electron chi connectivity index (χ2n) is 11.7. The second-order valence-corrected chi connectivity index (χ2v) is 12.7. The van der Waals surface area contributed by atoms with Crippen LogP contribution < -0.4 is 15.4 Å². The van der Waals surface area contributed by atoms with E-state index in [0.29, 0.717) is 30.9 Å². The number of rotatable bonds is 8. The van der Waals surface area contributed by atoms with Crippen molar-refractivity contribution in [2.75, 3.05) is 19.0 Å². The molecule has 3 aromatic rings. The van der Waals surface area contributed by atoms with Gasteiger partial charge in [-0.25, -0.2) is 9.37 Å². The summed E-state index contributed by atoms with van der Waals surface area (Å²) in [5.41, 5.74) is 0.720. The molecule has 5 rings (SSSR count). The van der Waals surface area contributed by atoms with Gasteiger partial charge in [0.2, 0.25) is 5.91 Å². The Morgan fingerprint density at radius 2 is 1.95 bits per heavy atom. The molecule has 2 aliphatic rings. The Bertz CT molecular complexity index is 1430. The molecule has 1 heterocycles. The fourth-order valence-corrected chi connectivity index (χ4v) is 7.76. The van der Waals surface area contributed by atoms with E-state index in [1.165, 1.54) is 35.6 Å². The molecule has 0 saturated heterocycles. The normalized spacial score (nSPS) is 26.9. The molecule has 1 aromatic heterocycles. The van der Waals surface area contributed by atoms with E-state index in [1.54, 1.807) is 7.11 Å². The van der Waals surface area contributed by atoms with Crippen LogP contribution in [0.4, 0.5) is 9.52 Å². The average Bonchev–Trinajstić information content (AvgIpc) is 3.37. The first-order chi connectivity index (χ1) is 19.6. The number of halogens is 1. The number of anilines is 1. The van der Waals surface area contributed by atoms with Crippen LogP contribution in [0.2, 0.25) is 0 Å². The minimum atomic E-state index is -0.753. The highest BCUT2D eigenvalue weighted by Gasteiger charge is 2.59. The van der Waals surface area contributed by atoms with Gasteiger partial charge >= 0.3 is 0 Å². The van der Waals surface area contributed by atoms with E-state index in [9.17, 15) is 24.2 Å². The number of carbonyl (C=O) groups excluding carboxylic acids is 2. The van der Waals surface area contributed by atoms with Crippen LogP contribution in [0.15, 0.2) is 48.5 Å². The summed E-state index contributed by atoms with van der Waals surface area (Å²) in [6, 6.07) is 12.9. The zero-order chi connectivity index (χ0) is 29.4. The molecule has 2 aromatic carbocycles. The number of hydrogen-bond donors (Lipinski definition) is 4. The number of ether oxygens (including phenoxy) is 1. The topological polar surface area (TPSA) is 121 Å². The number of methoxy groups -OCH3 is 1. The number of benzene rings is 2. The summed E-state index contributed by atoms with van der Waals surface area (Å²) in [6.45, 7) is 4.23. The van der Waals surface area contributed by atoms with Crippen LogP contribution in [0.25, 0.3) is 0 Å². The van der Waals surface area contributed by atoms with E-state index >= 15 is 0 Å². The Balaban J connectivity index is 1.43. The first kappa shape index (κ1) is 29.2. The van der Waals surface area contributed by atoms with Crippen LogP contribution in [0.1, 0.15) is 65.5 Å². The van der Waals surface area contributed by atoms with Gasteiger partial charge in [-0.05, 0) is 66.5 Å². The van der Waals surface area contributed by atoms with Crippen LogP contribution in [-0.2, 0) is 17.8 Å². The number of nitrogens with zero attached hydrogens (tertiary/aromatic N) is 1. The van der Waals surface area contributed by atoms with Gasteiger partial charge in [-0.15, -0.1) is 11.3 Å². The summed E-state index contributed by atoms with van der Waals surface area (Å²) in [4.78, 5) is 32.0. The van der Waals surface area contributed by atoms with Crippen molar-refractivity contribution in [1.29, 1.82) is 0 Å². The number of hydrogen-bond acceptors (Lipinski definition) is 7. The third kappa shape index (κ3) is 5.60. The summed E-state index contributed by atoms with van der Waals surface area (Å²) in [5.74, 6) is -0.762. The minimum absolute atomic E-state index is 0.108. The number of nitrogens with one attached hydrogen (secondary N) is 2. The molecule has 2 amide bonds. The SMILES string of the molecule is COc1ccc(CNC(=O)CC2c3nc(NC(=O)c4cccc(F)c4)sc3CC3C(C)(CO)C(O)CCC23C)cc1. The standard InChI is InChI=1S/C31H36FN3O5S/c1-30-12-11-25(37)31(2,17-36)24(30)15-23-27(34-29(41-23)35-28(39)19-5-4-6-20(32)13-19)22(30)14-26(38)33-16-18-7-9-21(40-3)10-8-18/h4-10,13,22,24-25,36-37H,11-12,14-17H2,1-3H3,(H,33,38)(H,34,35,39). The van der Waals surface area contributed by atoms with Crippen molar-refractivity contribution in [3.05, 3.63) is 76.0 Å². The van der Waals surface area contributed by atoms with Crippen molar-refractivity contribution >= 4 is 28.3 Å². The van der Waals surface area contributed by atoms with E-state index in [0.717, 1.165) is 21.9 Å². The number of thiazole rings is 1. The Hall–Kier alpha value is -3.34. The zero-order valence-electron chi connectivity index (χ0n) is 23.4. The third-order valence-corrected chi connectivity index (χ3v) is 10.2. The zero-order valence-corrected chi connectivity index (χ0v) is 24.3. The lowest BCUT2D eigenvalue weighted by Crippen LogP contribution is -2.57. The maximum atomic E-state index is 13.7. The molecular weight excluding hydrogens is 545 g/mol. The van der Waals surface area contributed by atoms with Gasteiger partial charge in [0.25, 0.3) is 5.91 Å². The lowest BCUT2D eigenvalue weighted by molar-refractivity contribution is -0.144. The molecule has 41 heavy (non-hydrogen) atoms. The van der Waals surface area contributed by atoms with Crippen molar-refractivity contribution in [1.82, 2.24) is 10.3 Å². The van der Waals surface area contributed by atoms with Crippen molar-refractivity contribution < 1.29 is 28.9 Å². The number of fused-ring (bicyclic) bond motifs is 2. The number of aromatic nitrogens is 1. The van der Waals surface area contributed by atoms with Gasteiger partial charge in [0.1, 0.15) is 11.6 Å². The van der Waals surface area contributed by atoms with Crippen LogP contribution in [0.5, 0.6) is 5.75 Å². The fraction of sp³-hybridized carbons (Fsp3) is 0.452. The van der Waals surface area contributed by atoms with Gasteiger partial charge in [-0.3, -0.25) is 14.9 Å². The van der Waals surface area contributed by atoms with E-state index in [-0.39, 0.29) is 36.3 Å². The van der Waals surface area contributed by atoms with Crippen molar-refractivity contribution in [3.63, 3.8) is 0 Å². The molecule has 0 bridgehead atoms. The molecule has 1 saturated carbocycles. The molecule has 1 fully saturated rings. The summed E-state index contributed by atoms with van der Waals surface area (Å²) >= 11 is 1.33. The van der Waals surface area contributed by atoms with Crippen LogP contribution in [0, 0.1) is 22.6 Å². The Morgan fingerprint density at radius 1 is 1.20 bits per heavy atom. The summed E-state index contributed by atoms with van der Waals surface area (Å²) in [7, 11) is 1.60. The van der Waals surface area contributed by atoms with Gasteiger partial charge in [0.05, 0.1) is 25.5 Å². The van der Waals surface area contributed by atoms with Gasteiger partial charge in [0, 0.05) is 34.7 Å². The lowest BCUT2D eigenvalue weighted by Gasteiger charge is -2.58. The highest BCUT2D eigenvalue weighted by Crippen LogP contribution is 2.62. The van der Waals surface area contributed by atoms with Crippen LogP contribution >= 0.6 is 11.3 Å². The lowest BCUT2D eigenvalue weighted by atomic mass is 9.47. The second kappa shape index (κ2) is 11.5. The predicted molar refractivity (Wildman–Crippen MR) is 154 cm³/mol. The monoisotopic (exact) mass is 581 g/mol. The van der Waals surface area contributed by atoms with Crippen LogP contribution in [0.3, 0.4) is 0 Å². The average molecular weight is 582 g/mol. The fourth-order valence-electron chi connectivity index (χ4n) is 6.70. The summed E-state index contributed by atoms with van der Waals surface area (Å²) in [6.07, 6.45) is 1.26. The van der Waals surface area contributed by atoms with Gasteiger partial charge < -0.3 is 20.3 Å². The van der Waals surface area contributed by atoms with Crippen LogP contribution in [-0.4, -0.2) is 46.8 Å². The van der Waals surface area contributed by atoms with E-state index < -0.39 is 28.7 Å². The van der Waals surface area contributed by atoms with E-state index in [4.69, 9.17) is 9.72 Å². The number of amides is 2. The maximum absolute atomic E-state index is 13.7. The Labute approximate surface area is 243 Å².